The van der Waals surface area contributed by atoms with Crippen molar-refractivity contribution in [2.24, 2.45) is 0 Å². The predicted octanol–water partition coefficient (Wildman–Crippen LogP) is 0.301. The van der Waals surface area contributed by atoms with Crippen molar-refractivity contribution in [2.75, 3.05) is 0 Å². The average molecular weight is 147 g/mol. The first kappa shape index (κ1) is 17.0. The molecule has 5 heavy (non-hydrogen) atoms. The standard InChI is InChI=1S/C3H4.BrH.Mg.2H/c1-3-2;;;;/h1H,2H3;1H;;;. The fourth-order valence-corrected chi connectivity index (χ4v) is 0. The average Bonchev–Trinajstić information content (AvgIpc) is 0.918. The van der Waals surface area contributed by atoms with Crippen LogP contribution in [0.15, 0.2) is 0 Å². The van der Waals surface area contributed by atoms with E-state index in [1.165, 1.54) is 0 Å². The molecule has 0 saturated carbocycles. The summed E-state index contributed by atoms with van der Waals surface area (Å²) in [5.74, 6) is 2.25. The molecule has 28 valence electrons. The van der Waals surface area contributed by atoms with Crippen LogP contribution in [0.5, 0.6) is 0 Å². The zero-order valence-corrected chi connectivity index (χ0v) is 4.20. The number of hydrogen-bond acceptors (Lipinski definition) is 0. The minimum atomic E-state index is 0. The van der Waals surface area contributed by atoms with Gasteiger partial charge in [0.05, 0.1) is 0 Å². The van der Waals surface area contributed by atoms with Gasteiger partial charge >= 0.3 is 23.1 Å². The molecule has 0 fully saturated rings. The van der Waals surface area contributed by atoms with E-state index in [0.29, 0.717) is 0 Å². The third-order valence-electron chi connectivity index (χ3n) is 0. The number of rotatable bonds is 0. The van der Waals surface area contributed by atoms with Gasteiger partial charge in [-0.25, -0.2) is 0 Å². The second kappa shape index (κ2) is 21.3. The van der Waals surface area contributed by atoms with Gasteiger partial charge in [-0.05, 0) is 6.92 Å². The molecular weight excluding hydrogens is 140 g/mol. The Morgan fingerprint density at radius 3 is 1.60 bits per heavy atom. The Morgan fingerprint density at radius 2 is 1.60 bits per heavy atom. The van der Waals surface area contributed by atoms with E-state index < -0.39 is 0 Å². The van der Waals surface area contributed by atoms with Crippen LogP contribution in [-0.2, 0) is 0 Å². The maximum atomic E-state index is 4.60. The molecule has 0 atom stereocenters. The molecule has 0 unspecified atom stereocenters. The van der Waals surface area contributed by atoms with Crippen molar-refractivity contribution < 1.29 is 0 Å². The maximum absolute atomic E-state index is 4.60. The molecule has 0 radical (unpaired) electrons. The Kier molecular flexibility index (Phi) is 72.7. The fraction of sp³-hybridized carbons (Fsp3) is 0.333. The lowest BCUT2D eigenvalue weighted by Crippen LogP contribution is -1.10. The van der Waals surface area contributed by atoms with Crippen LogP contribution in [0.1, 0.15) is 6.92 Å². The first-order valence-corrected chi connectivity index (χ1v) is 0.789. The molecule has 0 aromatic carbocycles. The van der Waals surface area contributed by atoms with Gasteiger partial charge in [-0.3, -0.25) is 0 Å². The minimum Gasteiger partial charge on any atom is -0.120 e. The highest BCUT2D eigenvalue weighted by Crippen LogP contribution is 1.21. The number of terminal acetylenes is 1. The summed E-state index contributed by atoms with van der Waals surface area (Å²) in [7, 11) is 0. The van der Waals surface area contributed by atoms with E-state index in [9.17, 15) is 0 Å². The van der Waals surface area contributed by atoms with Gasteiger partial charge < -0.3 is 0 Å². The van der Waals surface area contributed by atoms with E-state index >= 15 is 0 Å². The Labute approximate surface area is 59.3 Å². The van der Waals surface area contributed by atoms with E-state index in [1.807, 2.05) is 0 Å². The van der Waals surface area contributed by atoms with Crippen molar-refractivity contribution >= 4 is 40.0 Å². The third-order valence-corrected chi connectivity index (χ3v) is 0. The molecule has 0 aromatic heterocycles. The Bertz CT molecular complexity index is 28.4. The molecule has 0 rings (SSSR count). The minimum absolute atomic E-state index is 0. The lowest BCUT2D eigenvalue weighted by atomic mass is 10.9. The van der Waals surface area contributed by atoms with E-state index in [4.69, 9.17) is 0 Å². The molecule has 0 heterocycles. The van der Waals surface area contributed by atoms with Crippen LogP contribution in [-0.4, -0.2) is 23.1 Å². The van der Waals surface area contributed by atoms with Crippen LogP contribution < -0.4 is 0 Å². The highest BCUT2D eigenvalue weighted by molar-refractivity contribution is 8.93. The fourth-order valence-electron chi connectivity index (χ4n) is 0. The summed E-state index contributed by atoms with van der Waals surface area (Å²) in [5.41, 5.74) is 0. The Hall–Kier alpha value is 0.806. The second-order valence-corrected chi connectivity index (χ2v) is 0.289. The van der Waals surface area contributed by atoms with Gasteiger partial charge in [-0.1, -0.05) is 0 Å². The van der Waals surface area contributed by atoms with Crippen LogP contribution >= 0.6 is 17.0 Å². The molecule has 0 amide bonds. The molecule has 0 aromatic rings. The van der Waals surface area contributed by atoms with E-state index in [1.54, 1.807) is 6.92 Å². The molecule has 0 saturated heterocycles. The zero-order valence-electron chi connectivity index (χ0n) is 2.49. The molecule has 0 nitrogen and oxygen atoms in total. The molecule has 0 spiro atoms. The van der Waals surface area contributed by atoms with Crippen molar-refractivity contribution in [3.05, 3.63) is 0 Å². The Balaban J connectivity index is -0.0000000200. The number of halogens is 1. The lowest BCUT2D eigenvalue weighted by Gasteiger charge is -1.23. The molecule has 0 aliphatic rings. The van der Waals surface area contributed by atoms with Gasteiger partial charge in [0.25, 0.3) is 0 Å². The lowest BCUT2D eigenvalue weighted by molar-refractivity contribution is 1.94. The first-order valence-electron chi connectivity index (χ1n) is 0.789. The van der Waals surface area contributed by atoms with Crippen molar-refractivity contribution in [1.29, 1.82) is 0 Å². The normalized spacial score (nSPS) is 1.60. The first-order chi connectivity index (χ1) is 1.41. The van der Waals surface area contributed by atoms with E-state index in [2.05, 4.69) is 12.3 Å². The largest absolute Gasteiger partial charge is 0.316 e. The summed E-state index contributed by atoms with van der Waals surface area (Å²) in [6.45, 7) is 1.65. The summed E-state index contributed by atoms with van der Waals surface area (Å²) in [6.07, 6.45) is 4.60. The van der Waals surface area contributed by atoms with Crippen molar-refractivity contribution in [2.45, 2.75) is 6.92 Å². The molecular formula is C3H7BrMg. The van der Waals surface area contributed by atoms with E-state index in [-0.39, 0.29) is 40.0 Å². The van der Waals surface area contributed by atoms with Gasteiger partial charge in [0.15, 0.2) is 0 Å². The SMILES string of the molecule is Br.C#CC.[MgH2]. The predicted molar refractivity (Wildman–Crippen MR) is 33.4 cm³/mol. The van der Waals surface area contributed by atoms with Gasteiger partial charge in [0.2, 0.25) is 0 Å². The third kappa shape index (κ3) is 58.2. The van der Waals surface area contributed by atoms with Crippen molar-refractivity contribution in [3.63, 3.8) is 0 Å². The van der Waals surface area contributed by atoms with Crippen molar-refractivity contribution in [3.8, 4) is 12.3 Å². The topological polar surface area (TPSA) is 0 Å². The number of hydrogen-bond donors (Lipinski definition) is 0. The van der Waals surface area contributed by atoms with Crippen LogP contribution in [0.4, 0.5) is 0 Å². The molecule has 0 aliphatic carbocycles. The maximum Gasteiger partial charge on any atom is 0.316 e. The summed E-state index contributed by atoms with van der Waals surface area (Å²) >= 11 is 0. The van der Waals surface area contributed by atoms with Crippen LogP contribution in [0, 0.1) is 12.3 Å². The molecule has 0 N–H and O–H groups in total. The highest BCUT2D eigenvalue weighted by Gasteiger charge is 1.09. The van der Waals surface area contributed by atoms with Crippen molar-refractivity contribution in [1.82, 2.24) is 0 Å². The highest BCUT2D eigenvalue weighted by atomic mass is 79.9. The summed E-state index contributed by atoms with van der Waals surface area (Å²) in [4.78, 5) is 0. The molecule has 0 bridgehead atoms. The summed E-state index contributed by atoms with van der Waals surface area (Å²) < 4.78 is 0. The van der Waals surface area contributed by atoms with Crippen LogP contribution in [0.2, 0.25) is 0 Å². The zero-order chi connectivity index (χ0) is 2.71. The van der Waals surface area contributed by atoms with Gasteiger partial charge in [0.1, 0.15) is 0 Å². The quantitative estimate of drug-likeness (QED) is 0.341. The van der Waals surface area contributed by atoms with Gasteiger partial charge in [-0.15, -0.1) is 29.3 Å². The second-order valence-electron chi connectivity index (χ2n) is 0.289. The monoisotopic (exact) mass is 146 g/mol. The van der Waals surface area contributed by atoms with Crippen LogP contribution in [0.3, 0.4) is 0 Å². The molecule has 0 aliphatic heterocycles. The Morgan fingerprint density at radius 1 is 1.60 bits per heavy atom. The van der Waals surface area contributed by atoms with Crippen LogP contribution in [0.25, 0.3) is 0 Å². The van der Waals surface area contributed by atoms with Gasteiger partial charge in [0, 0.05) is 0 Å². The van der Waals surface area contributed by atoms with E-state index in [0.717, 1.165) is 0 Å². The summed E-state index contributed by atoms with van der Waals surface area (Å²) in [5, 5.41) is 0. The molecule has 2 heteroatoms. The smallest absolute Gasteiger partial charge is 0.120 e. The summed E-state index contributed by atoms with van der Waals surface area (Å²) in [6, 6.07) is 0. The van der Waals surface area contributed by atoms with Gasteiger partial charge in [-0.2, -0.15) is 0 Å².